The van der Waals surface area contributed by atoms with Crippen LogP contribution in [0.3, 0.4) is 0 Å². The van der Waals surface area contributed by atoms with Crippen LogP contribution >= 0.6 is 0 Å². The fourth-order valence-corrected chi connectivity index (χ4v) is 2.13. The van der Waals surface area contributed by atoms with Crippen molar-refractivity contribution in [2.45, 2.75) is 33.0 Å². The lowest BCUT2D eigenvalue weighted by molar-refractivity contribution is -0.135. The summed E-state index contributed by atoms with van der Waals surface area (Å²) in [6.45, 7) is 8.17. The zero-order valence-corrected chi connectivity index (χ0v) is 11.8. The number of nitrogens with one attached hydrogen (secondary N) is 1. The third-order valence-corrected chi connectivity index (χ3v) is 3.28. The predicted octanol–water partition coefficient (Wildman–Crippen LogP) is 0.845. The smallest absolute Gasteiger partial charge is 0.242 e. The van der Waals surface area contributed by atoms with Gasteiger partial charge in [0.05, 0.1) is 13.2 Å². The molecule has 5 heteroatoms. The van der Waals surface area contributed by atoms with Crippen molar-refractivity contribution < 1.29 is 9.53 Å². The molecule has 1 aliphatic rings. The van der Waals surface area contributed by atoms with Crippen molar-refractivity contribution in [1.82, 2.24) is 14.8 Å². The molecule has 0 aromatic carbocycles. The topological polar surface area (TPSA) is 46.5 Å². The monoisotopic (exact) mass is 265 g/mol. The molecular weight excluding hydrogens is 242 g/mol. The van der Waals surface area contributed by atoms with E-state index >= 15 is 0 Å². The van der Waals surface area contributed by atoms with Gasteiger partial charge >= 0.3 is 0 Å². The van der Waals surface area contributed by atoms with E-state index in [4.69, 9.17) is 4.74 Å². The summed E-state index contributed by atoms with van der Waals surface area (Å²) in [5.74, 6) is 0.172. The van der Waals surface area contributed by atoms with E-state index in [1.165, 1.54) is 0 Å². The summed E-state index contributed by atoms with van der Waals surface area (Å²) in [5.41, 5.74) is 1.15. The van der Waals surface area contributed by atoms with Gasteiger partial charge in [-0.2, -0.15) is 0 Å². The second-order valence-corrected chi connectivity index (χ2v) is 5.16. The molecule has 0 unspecified atom stereocenters. The first-order valence-electron chi connectivity index (χ1n) is 6.89. The number of hydrogen-bond donors (Lipinski definition) is 1. The SMILES string of the molecule is CC(C)NCc1cccn1CC(=O)N1CCOCC1. The maximum atomic E-state index is 12.2. The molecule has 2 heterocycles. The summed E-state index contributed by atoms with van der Waals surface area (Å²) in [7, 11) is 0. The lowest BCUT2D eigenvalue weighted by atomic mass is 10.3. The Hall–Kier alpha value is -1.33. The molecule has 0 radical (unpaired) electrons. The summed E-state index contributed by atoms with van der Waals surface area (Å²) < 4.78 is 7.28. The third-order valence-electron chi connectivity index (χ3n) is 3.28. The van der Waals surface area contributed by atoms with E-state index in [1.54, 1.807) is 0 Å². The minimum Gasteiger partial charge on any atom is -0.378 e. The van der Waals surface area contributed by atoms with Gasteiger partial charge in [0.1, 0.15) is 6.54 Å². The summed E-state index contributed by atoms with van der Waals surface area (Å²) in [6, 6.07) is 4.49. The van der Waals surface area contributed by atoms with Crippen LogP contribution in [0.5, 0.6) is 0 Å². The summed E-state index contributed by atoms with van der Waals surface area (Å²) in [5, 5.41) is 3.38. The highest BCUT2D eigenvalue weighted by Crippen LogP contribution is 2.05. The Labute approximate surface area is 114 Å². The van der Waals surface area contributed by atoms with Crippen molar-refractivity contribution in [3.05, 3.63) is 24.0 Å². The van der Waals surface area contributed by atoms with E-state index < -0.39 is 0 Å². The molecular formula is C14H23N3O2. The Morgan fingerprint density at radius 1 is 1.42 bits per heavy atom. The molecule has 1 aromatic heterocycles. The van der Waals surface area contributed by atoms with Crippen molar-refractivity contribution in [3.63, 3.8) is 0 Å². The third kappa shape index (κ3) is 4.08. The van der Waals surface area contributed by atoms with Crippen LogP contribution in [0.2, 0.25) is 0 Å². The second-order valence-electron chi connectivity index (χ2n) is 5.16. The normalized spacial score (nSPS) is 16.1. The van der Waals surface area contributed by atoms with Gasteiger partial charge in [0.15, 0.2) is 0 Å². The number of morpholine rings is 1. The van der Waals surface area contributed by atoms with Crippen LogP contribution in [0.4, 0.5) is 0 Å². The number of ether oxygens (including phenoxy) is 1. The number of carbonyl (C=O) groups excluding carboxylic acids is 1. The Balaban J connectivity index is 1.91. The number of carbonyl (C=O) groups is 1. The molecule has 1 aliphatic heterocycles. The highest BCUT2D eigenvalue weighted by Gasteiger charge is 2.17. The molecule has 1 N–H and O–H groups in total. The first-order valence-corrected chi connectivity index (χ1v) is 6.89. The van der Waals surface area contributed by atoms with Gasteiger partial charge in [0, 0.05) is 37.6 Å². The van der Waals surface area contributed by atoms with Crippen LogP contribution < -0.4 is 5.32 Å². The minimum atomic E-state index is 0.172. The second kappa shape index (κ2) is 6.73. The molecule has 0 bridgehead atoms. The maximum absolute atomic E-state index is 12.2. The number of amides is 1. The van der Waals surface area contributed by atoms with Gasteiger partial charge in [0.25, 0.3) is 0 Å². The number of hydrogen-bond acceptors (Lipinski definition) is 3. The summed E-state index contributed by atoms with van der Waals surface area (Å²) in [6.07, 6.45) is 1.97. The van der Waals surface area contributed by atoms with Crippen LogP contribution in [0.15, 0.2) is 18.3 Å². The van der Waals surface area contributed by atoms with Crippen molar-refractivity contribution in [3.8, 4) is 0 Å². The minimum absolute atomic E-state index is 0.172. The van der Waals surface area contributed by atoms with Gasteiger partial charge < -0.3 is 19.5 Å². The lowest BCUT2D eigenvalue weighted by Crippen LogP contribution is -2.42. The van der Waals surface area contributed by atoms with E-state index in [0.29, 0.717) is 38.9 Å². The van der Waals surface area contributed by atoms with Crippen LogP contribution in [0.25, 0.3) is 0 Å². The Morgan fingerprint density at radius 2 is 2.16 bits per heavy atom. The molecule has 0 spiro atoms. The molecule has 1 fully saturated rings. The van der Waals surface area contributed by atoms with Gasteiger partial charge in [-0.1, -0.05) is 13.8 Å². The van der Waals surface area contributed by atoms with Gasteiger partial charge in [0.2, 0.25) is 5.91 Å². The molecule has 1 aromatic rings. The van der Waals surface area contributed by atoms with Crippen molar-refractivity contribution >= 4 is 5.91 Å². The lowest BCUT2D eigenvalue weighted by Gasteiger charge is -2.27. The maximum Gasteiger partial charge on any atom is 0.242 e. The molecule has 2 rings (SSSR count). The van der Waals surface area contributed by atoms with Crippen LogP contribution in [-0.4, -0.2) is 47.7 Å². The molecule has 0 saturated carbocycles. The van der Waals surface area contributed by atoms with Crippen molar-refractivity contribution in [2.75, 3.05) is 26.3 Å². The largest absolute Gasteiger partial charge is 0.378 e. The van der Waals surface area contributed by atoms with E-state index in [-0.39, 0.29) is 5.91 Å². The summed E-state index contributed by atoms with van der Waals surface area (Å²) in [4.78, 5) is 14.1. The average molecular weight is 265 g/mol. The molecule has 1 saturated heterocycles. The van der Waals surface area contributed by atoms with Crippen LogP contribution in [0.1, 0.15) is 19.5 Å². The molecule has 0 aliphatic carbocycles. The Morgan fingerprint density at radius 3 is 2.84 bits per heavy atom. The van der Waals surface area contributed by atoms with Gasteiger partial charge in [-0.25, -0.2) is 0 Å². The molecule has 0 atom stereocenters. The quantitative estimate of drug-likeness (QED) is 0.858. The average Bonchev–Trinajstić information content (AvgIpc) is 2.84. The summed E-state index contributed by atoms with van der Waals surface area (Å²) >= 11 is 0. The van der Waals surface area contributed by atoms with E-state index in [2.05, 4.69) is 25.2 Å². The Bertz CT molecular complexity index is 409. The molecule has 106 valence electrons. The predicted molar refractivity (Wildman–Crippen MR) is 73.8 cm³/mol. The highest BCUT2D eigenvalue weighted by atomic mass is 16.5. The fraction of sp³-hybridized carbons (Fsp3) is 0.643. The molecule has 5 nitrogen and oxygen atoms in total. The first kappa shape index (κ1) is 14.1. The first-order chi connectivity index (χ1) is 9.16. The van der Waals surface area contributed by atoms with Crippen LogP contribution in [0, 0.1) is 0 Å². The number of rotatable bonds is 5. The highest BCUT2D eigenvalue weighted by molar-refractivity contribution is 5.76. The number of aromatic nitrogens is 1. The van der Waals surface area contributed by atoms with E-state index in [1.807, 2.05) is 21.7 Å². The van der Waals surface area contributed by atoms with Gasteiger partial charge in [-0.05, 0) is 12.1 Å². The zero-order chi connectivity index (χ0) is 13.7. The van der Waals surface area contributed by atoms with Crippen LogP contribution in [-0.2, 0) is 22.6 Å². The number of nitrogens with zero attached hydrogens (tertiary/aromatic N) is 2. The van der Waals surface area contributed by atoms with E-state index in [9.17, 15) is 4.79 Å². The van der Waals surface area contributed by atoms with Crippen molar-refractivity contribution in [2.24, 2.45) is 0 Å². The van der Waals surface area contributed by atoms with Gasteiger partial charge in [-0.15, -0.1) is 0 Å². The standard InChI is InChI=1S/C14H23N3O2/c1-12(2)15-10-13-4-3-5-17(13)11-14(18)16-6-8-19-9-7-16/h3-5,12,15H,6-11H2,1-2H3. The van der Waals surface area contributed by atoms with Gasteiger partial charge in [-0.3, -0.25) is 4.79 Å². The molecule has 1 amide bonds. The Kier molecular flexibility index (Phi) is 4.99. The van der Waals surface area contributed by atoms with E-state index in [0.717, 1.165) is 12.2 Å². The fourth-order valence-electron chi connectivity index (χ4n) is 2.13. The van der Waals surface area contributed by atoms with Crippen molar-refractivity contribution in [1.29, 1.82) is 0 Å². The molecule has 19 heavy (non-hydrogen) atoms. The zero-order valence-electron chi connectivity index (χ0n) is 11.8.